The summed E-state index contributed by atoms with van der Waals surface area (Å²) in [5, 5.41) is -0.799. The van der Waals surface area contributed by atoms with E-state index in [1.54, 1.807) is 0 Å². The Morgan fingerprint density at radius 3 is 1.74 bits per heavy atom. The fourth-order valence-electron chi connectivity index (χ4n) is 2.77. The minimum Gasteiger partial charge on any atom is -0.413 e. The van der Waals surface area contributed by atoms with Gasteiger partial charge in [-0.25, -0.2) is 22.0 Å². The van der Waals surface area contributed by atoms with Gasteiger partial charge in [0.2, 0.25) is 14.1 Å². The number of rotatable bonds is 10. The number of hydrogen-bond acceptors (Lipinski definition) is 1. The average molecular weight is 407 g/mol. The van der Waals surface area contributed by atoms with E-state index in [1.807, 2.05) is 6.92 Å². The normalized spacial score (nSPS) is 11.4. The van der Waals surface area contributed by atoms with E-state index < -0.39 is 42.6 Å². The summed E-state index contributed by atoms with van der Waals surface area (Å²) in [5.74, 6) is -3.42. The Bertz CT molecular complexity index is 650. The van der Waals surface area contributed by atoms with E-state index in [4.69, 9.17) is 4.43 Å². The Labute approximate surface area is 159 Å². The van der Waals surface area contributed by atoms with Crippen molar-refractivity contribution in [3.05, 3.63) is 29.1 Å². The minimum absolute atomic E-state index is 0.237. The molecule has 0 fully saturated rings. The zero-order valence-corrected chi connectivity index (χ0v) is 17.2. The molecule has 0 aromatic heterocycles. The van der Waals surface area contributed by atoms with E-state index >= 15 is 0 Å². The highest BCUT2D eigenvalue weighted by Crippen LogP contribution is 2.20. The second-order valence-electron chi connectivity index (χ2n) is 6.88. The lowest BCUT2D eigenvalue weighted by Crippen LogP contribution is -2.50. The maximum atomic E-state index is 13.9. The number of benzene rings is 1. The van der Waals surface area contributed by atoms with Crippen molar-refractivity contribution in [2.24, 2.45) is 0 Å². The van der Waals surface area contributed by atoms with Crippen molar-refractivity contribution in [1.82, 2.24) is 0 Å². The highest BCUT2D eigenvalue weighted by Gasteiger charge is 2.37. The molecule has 0 atom stereocenters. The lowest BCUT2D eigenvalue weighted by atomic mass is 10.1. The van der Waals surface area contributed by atoms with Gasteiger partial charge in [0.25, 0.3) is 0 Å². The van der Waals surface area contributed by atoms with Crippen LogP contribution in [0.25, 0.3) is 0 Å². The van der Waals surface area contributed by atoms with Crippen LogP contribution in [-0.4, -0.2) is 14.9 Å². The second-order valence-corrected chi connectivity index (χ2v) is 10.7. The van der Waals surface area contributed by atoms with Crippen LogP contribution in [-0.2, 0) is 4.43 Å². The number of hydrogen-bond donors (Lipinski definition) is 0. The van der Waals surface area contributed by atoms with Crippen LogP contribution >= 0.6 is 0 Å². The van der Waals surface area contributed by atoms with Gasteiger partial charge in [0.15, 0.2) is 23.3 Å². The molecule has 0 aliphatic carbocycles. The van der Waals surface area contributed by atoms with Crippen molar-refractivity contribution in [3.8, 4) is 11.8 Å². The summed E-state index contributed by atoms with van der Waals surface area (Å²) in [5.41, 5.74) is 0. The average Bonchev–Trinajstić information content (AvgIpc) is 2.62. The summed E-state index contributed by atoms with van der Waals surface area (Å²) >= 11 is 0. The zero-order chi connectivity index (χ0) is 20.4. The maximum Gasteiger partial charge on any atom is 0.224 e. The van der Waals surface area contributed by atoms with Gasteiger partial charge in [-0.15, -0.1) is 11.8 Å². The first-order chi connectivity index (χ1) is 12.7. The van der Waals surface area contributed by atoms with E-state index in [0.29, 0.717) is 6.42 Å². The molecule has 1 aromatic carbocycles. The van der Waals surface area contributed by atoms with Crippen molar-refractivity contribution < 1.29 is 26.4 Å². The Kier molecular flexibility index (Phi) is 10.0. The summed E-state index contributed by atoms with van der Waals surface area (Å²) in [7, 11) is -3.26. The van der Waals surface area contributed by atoms with E-state index in [-0.39, 0.29) is 6.61 Å². The van der Waals surface area contributed by atoms with Gasteiger partial charge in [-0.1, -0.05) is 32.6 Å². The Balaban J connectivity index is 2.43. The molecule has 0 aliphatic rings. The van der Waals surface area contributed by atoms with Gasteiger partial charge in [-0.05, 0) is 25.9 Å². The molecule has 7 heteroatoms. The quantitative estimate of drug-likeness (QED) is 0.116. The number of halogens is 5. The smallest absolute Gasteiger partial charge is 0.224 e. The summed E-state index contributed by atoms with van der Waals surface area (Å²) in [6, 6.07) is 0. The molecule has 1 aromatic rings. The van der Waals surface area contributed by atoms with Crippen molar-refractivity contribution in [2.75, 3.05) is 6.61 Å². The van der Waals surface area contributed by atoms with Crippen LogP contribution in [0.3, 0.4) is 0 Å². The largest absolute Gasteiger partial charge is 0.413 e. The SMILES string of the molecule is CCC#CCCCCCCCCO[Si](C)(C)c1c(F)c(F)c(F)c(F)c1F. The van der Waals surface area contributed by atoms with Crippen LogP contribution < -0.4 is 5.19 Å². The lowest BCUT2D eigenvalue weighted by Gasteiger charge is -2.24. The van der Waals surface area contributed by atoms with Crippen LogP contribution in [0.4, 0.5) is 22.0 Å². The van der Waals surface area contributed by atoms with Crippen molar-refractivity contribution in [2.45, 2.75) is 71.4 Å². The molecule has 0 heterocycles. The molecule has 0 saturated heterocycles. The molecule has 152 valence electrons. The Morgan fingerprint density at radius 2 is 1.19 bits per heavy atom. The molecule has 0 spiro atoms. The lowest BCUT2D eigenvalue weighted by molar-refractivity contribution is 0.298. The predicted octanol–water partition coefficient (Wildman–Crippen LogP) is 5.95. The van der Waals surface area contributed by atoms with Crippen LogP contribution in [0.15, 0.2) is 0 Å². The first kappa shape index (κ1) is 23.6. The van der Waals surface area contributed by atoms with E-state index in [1.165, 1.54) is 13.1 Å². The van der Waals surface area contributed by atoms with Gasteiger partial charge < -0.3 is 4.43 Å². The fourth-order valence-corrected chi connectivity index (χ4v) is 4.84. The number of unbranched alkanes of at least 4 members (excludes halogenated alkanes) is 6. The summed E-state index contributed by atoms with van der Waals surface area (Å²) in [6.07, 6.45) is 7.63. The second kappa shape index (κ2) is 11.5. The molecule has 0 radical (unpaired) electrons. The van der Waals surface area contributed by atoms with Gasteiger partial charge in [0.1, 0.15) is 0 Å². The predicted molar refractivity (Wildman–Crippen MR) is 99.7 cm³/mol. The summed E-state index contributed by atoms with van der Waals surface area (Å²) < 4.78 is 73.4. The molecular formula is C20H27F5OSi. The van der Waals surface area contributed by atoms with E-state index in [0.717, 1.165) is 44.9 Å². The summed E-state index contributed by atoms with van der Waals surface area (Å²) in [6.45, 7) is 5.12. The topological polar surface area (TPSA) is 9.23 Å². The Morgan fingerprint density at radius 1 is 0.704 bits per heavy atom. The maximum absolute atomic E-state index is 13.9. The van der Waals surface area contributed by atoms with Gasteiger partial charge in [0.05, 0.1) is 0 Å². The van der Waals surface area contributed by atoms with E-state index in [9.17, 15) is 22.0 Å². The fraction of sp³-hybridized carbons (Fsp3) is 0.600. The molecule has 0 aliphatic heterocycles. The van der Waals surface area contributed by atoms with Crippen LogP contribution in [0.1, 0.15) is 58.3 Å². The monoisotopic (exact) mass is 406 g/mol. The molecular weight excluding hydrogens is 379 g/mol. The Hall–Kier alpha value is -1.39. The molecule has 27 heavy (non-hydrogen) atoms. The van der Waals surface area contributed by atoms with E-state index in [2.05, 4.69) is 11.8 Å². The van der Waals surface area contributed by atoms with Gasteiger partial charge >= 0.3 is 0 Å². The highest BCUT2D eigenvalue weighted by atomic mass is 28.4. The first-order valence-corrected chi connectivity index (χ1v) is 12.3. The third kappa shape index (κ3) is 6.93. The van der Waals surface area contributed by atoms with Crippen LogP contribution in [0, 0.1) is 40.9 Å². The molecule has 0 N–H and O–H groups in total. The third-order valence-corrected chi connectivity index (χ3v) is 6.84. The van der Waals surface area contributed by atoms with Gasteiger partial charge in [-0.3, -0.25) is 0 Å². The van der Waals surface area contributed by atoms with Crippen molar-refractivity contribution >= 4 is 13.5 Å². The van der Waals surface area contributed by atoms with Gasteiger partial charge in [0, 0.05) is 24.6 Å². The molecule has 0 unspecified atom stereocenters. The highest BCUT2D eigenvalue weighted by molar-refractivity contribution is 6.84. The zero-order valence-electron chi connectivity index (χ0n) is 16.2. The first-order valence-electron chi connectivity index (χ1n) is 9.35. The van der Waals surface area contributed by atoms with Crippen molar-refractivity contribution in [3.63, 3.8) is 0 Å². The molecule has 0 saturated carbocycles. The van der Waals surface area contributed by atoms with Crippen molar-refractivity contribution in [1.29, 1.82) is 0 Å². The van der Waals surface area contributed by atoms with Crippen LogP contribution in [0.2, 0.25) is 13.1 Å². The standard InChI is InChI=1S/C20H27F5OSi/c1-4-5-6-7-8-9-10-11-12-13-14-26-27(2,3)20-18(24)16(22)15(21)17(23)19(20)25/h4,7-14H2,1-3H3. The van der Waals surface area contributed by atoms with Crippen LogP contribution in [0.5, 0.6) is 0 Å². The molecule has 0 bridgehead atoms. The minimum atomic E-state index is -3.26. The summed E-state index contributed by atoms with van der Waals surface area (Å²) in [4.78, 5) is 0. The van der Waals surface area contributed by atoms with Gasteiger partial charge in [-0.2, -0.15) is 0 Å². The molecule has 1 nitrogen and oxygen atoms in total. The molecule has 1 rings (SSSR count). The molecule has 0 amide bonds. The third-order valence-electron chi connectivity index (χ3n) is 4.27.